The molecule has 0 radical (unpaired) electrons. The van der Waals surface area contributed by atoms with Crippen molar-refractivity contribution in [2.24, 2.45) is 63.5 Å². The molecule has 7 heteroatoms. The van der Waals surface area contributed by atoms with Gasteiger partial charge in [0, 0.05) is 25.2 Å². The van der Waals surface area contributed by atoms with Crippen LogP contribution in [0.2, 0.25) is 0 Å². The van der Waals surface area contributed by atoms with E-state index >= 15 is 0 Å². The third-order valence-corrected chi connectivity index (χ3v) is 16.3. The topological polar surface area (TPSA) is 109 Å². The van der Waals surface area contributed by atoms with Crippen LogP contribution in [0.5, 0.6) is 0 Å². The smallest absolute Gasteiger partial charge is 0.0637 e. The van der Waals surface area contributed by atoms with Crippen molar-refractivity contribution in [1.29, 1.82) is 0 Å². The highest BCUT2D eigenvalue weighted by Crippen LogP contribution is 2.69. The van der Waals surface area contributed by atoms with Crippen LogP contribution in [0.4, 0.5) is 0 Å². The number of nitrogens with two attached hydrogens (primary N) is 3. The van der Waals surface area contributed by atoms with Crippen LogP contribution in [0.1, 0.15) is 189 Å². The lowest BCUT2D eigenvalue weighted by molar-refractivity contribution is -0.227. The average Bonchev–Trinajstić information content (AvgIpc) is 3.56. The van der Waals surface area contributed by atoms with E-state index in [4.69, 9.17) is 31.4 Å². The summed E-state index contributed by atoms with van der Waals surface area (Å²) in [5.74, 6) is 3.91. The number of hydrogen-bond acceptors (Lipinski definition) is 7. The van der Waals surface area contributed by atoms with Gasteiger partial charge in [0.05, 0.1) is 18.3 Å². The lowest BCUT2D eigenvalue weighted by Crippen LogP contribution is -2.63. The molecular weight excluding hydrogens is 693 g/mol. The maximum atomic E-state index is 7.13. The molecule has 0 saturated heterocycles. The first-order chi connectivity index (χ1) is 27.3. The van der Waals surface area contributed by atoms with Gasteiger partial charge in [-0.25, -0.2) is 0 Å². The summed E-state index contributed by atoms with van der Waals surface area (Å²) in [6.45, 7) is 21.0. The van der Waals surface area contributed by atoms with Crippen molar-refractivity contribution in [3.05, 3.63) is 0 Å². The van der Waals surface area contributed by atoms with E-state index < -0.39 is 0 Å². The van der Waals surface area contributed by atoms with E-state index in [1.807, 2.05) is 0 Å². The Kier molecular flexibility index (Phi) is 22.6. The fraction of sp³-hybridized carbons (Fsp3) is 1.00. The van der Waals surface area contributed by atoms with Crippen LogP contribution >= 0.6 is 0 Å². The van der Waals surface area contributed by atoms with Gasteiger partial charge in [-0.15, -0.1) is 0 Å². The summed E-state index contributed by atoms with van der Waals surface area (Å²) in [4.78, 5) is 2.86. The van der Waals surface area contributed by atoms with Crippen molar-refractivity contribution in [3.63, 3.8) is 0 Å². The normalized spacial score (nSPS) is 33.4. The molecule has 6 N–H and O–H groups in total. The van der Waals surface area contributed by atoms with Gasteiger partial charge in [0.1, 0.15) is 0 Å². The van der Waals surface area contributed by atoms with Crippen LogP contribution in [0.25, 0.3) is 0 Å². The van der Waals surface area contributed by atoms with Crippen LogP contribution < -0.4 is 17.2 Å². The second-order valence-electron chi connectivity index (χ2n) is 20.0. The Bertz CT molecular complexity index is 1000. The van der Waals surface area contributed by atoms with Gasteiger partial charge < -0.3 is 36.3 Å². The van der Waals surface area contributed by atoms with E-state index in [0.29, 0.717) is 78.9 Å². The molecule has 4 aliphatic rings. The van der Waals surface area contributed by atoms with Crippen LogP contribution in [0, 0.1) is 46.3 Å². The highest BCUT2D eigenvalue weighted by atomic mass is 16.5. The molecule has 11 atom stereocenters. The maximum Gasteiger partial charge on any atom is 0.0637 e. The van der Waals surface area contributed by atoms with Gasteiger partial charge >= 0.3 is 0 Å². The molecular formula is C49H96N4O3. The summed E-state index contributed by atoms with van der Waals surface area (Å²) in [7, 11) is 0. The Hall–Kier alpha value is -0.280. The number of rotatable bonds is 31. The van der Waals surface area contributed by atoms with E-state index in [2.05, 4.69) is 39.5 Å². The number of unbranched alkanes of at least 4 members (excludes halogenated alkanes) is 10. The van der Waals surface area contributed by atoms with Crippen molar-refractivity contribution in [1.82, 2.24) is 4.90 Å². The first-order valence-corrected chi connectivity index (χ1v) is 25.0. The lowest BCUT2D eigenvalue weighted by Gasteiger charge is -2.65. The van der Waals surface area contributed by atoms with Crippen LogP contribution in [-0.4, -0.2) is 82.3 Å². The third-order valence-electron chi connectivity index (χ3n) is 16.3. The zero-order chi connectivity index (χ0) is 40.2. The fourth-order valence-electron chi connectivity index (χ4n) is 13.0. The first kappa shape index (κ1) is 48.4. The fourth-order valence-corrected chi connectivity index (χ4v) is 13.0. The van der Waals surface area contributed by atoms with Crippen LogP contribution in [-0.2, 0) is 14.2 Å². The molecule has 0 aliphatic heterocycles. The minimum atomic E-state index is 0.174. The summed E-state index contributed by atoms with van der Waals surface area (Å²) in [6, 6.07) is 0. The predicted octanol–water partition coefficient (Wildman–Crippen LogP) is 10.5. The van der Waals surface area contributed by atoms with Gasteiger partial charge in [-0.3, -0.25) is 0 Å². The van der Waals surface area contributed by atoms with Crippen LogP contribution in [0.3, 0.4) is 0 Å². The van der Waals surface area contributed by atoms with Gasteiger partial charge in [0.2, 0.25) is 0 Å². The molecule has 4 aliphatic carbocycles. The minimum Gasteiger partial charge on any atom is -0.378 e. The Morgan fingerprint density at radius 3 is 1.80 bits per heavy atom. The molecule has 4 saturated carbocycles. The molecule has 0 aromatic heterocycles. The van der Waals surface area contributed by atoms with E-state index in [0.717, 1.165) is 45.5 Å². The lowest BCUT2D eigenvalue weighted by atomic mass is 9.43. The molecule has 56 heavy (non-hydrogen) atoms. The molecule has 0 aromatic carbocycles. The minimum absolute atomic E-state index is 0.174. The summed E-state index contributed by atoms with van der Waals surface area (Å²) in [5.41, 5.74) is 18.4. The Balaban J connectivity index is 1.47. The van der Waals surface area contributed by atoms with Crippen molar-refractivity contribution >= 4 is 0 Å². The van der Waals surface area contributed by atoms with Crippen LogP contribution in [0.15, 0.2) is 0 Å². The number of hydrogen-bond donors (Lipinski definition) is 3. The number of fused-ring (bicyclic) bond motifs is 5. The molecule has 4 rings (SSSR count). The highest BCUT2D eigenvalue weighted by molar-refractivity contribution is 5.15. The molecule has 0 heterocycles. The van der Waals surface area contributed by atoms with Gasteiger partial charge in [-0.05, 0) is 170 Å². The number of nitrogens with zero attached hydrogens (tertiary/aromatic N) is 1. The van der Waals surface area contributed by atoms with Crippen molar-refractivity contribution in [3.8, 4) is 0 Å². The quantitative estimate of drug-likeness (QED) is 0.0600. The molecule has 0 amide bonds. The van der Waals surface area contributed by atoms with Crippen molar-refractivity contribution < 1.29 is 14.2 Å². The second kappa shape index (κ2) is 26.1. The first-order valence-electron chi connectivity index (χ1n) is 25.0. The molecule has 11 unspecified atom stereocenters. The van der Waals surface area contributed by atoms with Gasteiger partial charge in [0.25, 0.3) is 0 Å². The Morgan fingerprint density at radius 2 is 1.18 bits per heavy atom. The van der Waals surface area contributed by atoms with Crippen molar-refractivity contribution in [2.45, 2.75) is 207 Å². The van der Waals surface area contributed by atoms with Gasteiger partial charge in [0.15, 0.2) is 0 Å². The van der Waals surface area contributed by atoms with Crippen molar-refractivity contribution in [2.75, 3.05) is 59.1 Å². The predicted molar refractivity (Wildman–Crippen MR) is 238 cm³/mol. The maximum absolute atomic E-state index is 7.13. The molecule has 0 bridgehead atoms. The Labute approximate surface area is 347 Å². The average molecular weight is 789 g/mol. The molecule has 0 aromatic rings. The zero-order valence-corrected chi connectivity index (χ0v) is 37.9. The number of ether oxygens (including phenoxy) is 3. The van der Waals surface area contributed by atoms with E-state index in [1.54, 1.807) is 0 Å². The molecule has 330 valence electrons. The Morgan fingerprint density at radius 1 is 0.607 bits per heavy atom. The molecule has 7 nitrogen and oxygen atoms in total. The second-order valence-corrected chi connectivity index (χ2v) is 20.0. The summed E-state index contributed by atoms with van der Waals surface area (Å²) in [6.07, 6.45) is 31.8. The SMILES string of the molecule is CCCCCCCCN(CCCCCCCC)CCCC(C)C1CCC2C3C(OCCCN)CC4CC(OCCCN)CCC4(C)C3CC(OCCCN)C12C. The largest absolute Gasteiger partial charge is 0.378 e. The highest BCUT2D eigenvalue weighted by Gasteiger charge is 2.66. The van der Waals surface area contributed by atoms with E-state index in [9.17, 15) is 0 Å². The summed E-state index contributed by atoms with van der Waals surface area (Å²) >= 11 is 0. The van der Waals surface area contributed by atoms with E-state index in [1.165, 1.54) is 148 Å². The zero-order valence-electron chi connectivity index (χ0n) is 37.9. The molecule has 4 fully saturated rings. The van der Waals surface area contributed by atoms with Gasteiger partial charge in [-0.1, -0.05) is 98.8 Å². The molecule has 0 spiro atoms. The standard InChI is InChI=1S/C49H96N4O3/c1-6-8-10-12-14-16-30-53(31-17-15-13-11-9-7-2)32-18-22-39(3)42-23-24-43-47-44(38-46(49(42,43)5)56-35-21-29-52)48(4)26-25-41(54-33-19-27-50)36-40(48)37-45(47)55-34-20-28-51/h39-47H,6-38,50-52H2,1-5H3. The van der Waals surface area contributed by atoms with Gasteiger partial charge in [-0.2, -0.15) is 0 Å². The third kappa shape index (κ3) is 13.4. The summed E-state index contributed by atoms with van der Waals surface area (Å²) < 4.78 is 20.6. The van der Waals surface area contributed by atoms with E-state index in [-0.39, 0.29) is 5.41 Å². The monoisotopic (exact) mass is 789 g/mol. The summed E-state index contributed by atoms with van der Waals surface area (Å²) in [5, 5.41) is 0.